The fraction of sp³-hybridized carbons (Fsp3) is 0. The molecule has 0 saturated heterocycles. The summed E-state index contributed by atoms with van der Waals surface area (Å²) in [5.41, 5.74) is 0. The van der Waals surface area contributed by atoms with Crippen LogP contribution >= 0.6 is 12.4 Å². The molecule has 0 nitrogen and oxygen atoms in total. The van der Waals surface area contributed by atoms with Crippen LogP contribution in [0, 0.1) is 0 Å². The molecule has 0 atom stereocenters. The first-order valence-corrected chi connectivity index (χ1v) is 0. The second-order valence-corrected chi connectivity index (χ2v) is 0. The Morgan fingerprint density at radius 1 is 0.600 bits per heavy atom. The molecular formula is HCl4Sb. The topological polar surface area (TPSA) is 0 Å². The molecule has 0 saturated carbocycles. The van der Waals surface area contributed by atoms with Crippen molar-refractivity contribution in [2.75, 3.05) is 0 Å². The van der Waals surface area contributed by atoms with E-state index in [0.717, 1.165) is 0 Å². The standard InChI is InChI=1S/4ClH.Sb/h4*1H;/q;;;;+3/p-3. The molecule has 0 heterocycles. The van der Waals surface area contributed by atoms with E-state index in [4.69, 9.17) is 0 Å². The minimum atomic E-state index is 0. The average molecular weight is 265 g/mol. The second-order valence-electron chi connectivity index (χ2n) is 0. The molecule has 5 heavy (non-hydrogen) atoms. The third kappa shape index (κ3) is 24.2. The van der Waals surface area contributed by atoms with E-state index < -0.39 is 0 Å². The van der Waals surface area contributed by atoms with Crippen LogP contribution in [0.15, 0.2) is 0 Å². The van der Waals surface area contributed by atoms with E-state index in [-0.39, 0.29) is 74.1 Å². The number of halogens is 4. The van der Waals surface area contributed by atoms with Gasteiger partial charge in [0.2, 0.25) is 0 Å². The molecule has 0 fully saturated rings. The van der Waals surface area contributed by atoms with Crippen molar-refractivity contribution >= 4 is 36.8 Å². The molecule has 0 unspecified atom stereocenters. The van der Waals surface area contributed by atoms with E-state index in [1.807, 2.05) is 0 Å². The normalized spacial score (nSPS) is 0. The number of hydrogen-bond acceptors (Lipinski definition) is 0. The Bertz CT molecular complexity index is 3.61. The molecule has 5 heteroatoms. The van der Waals surface area contributed by atoms with Gasteiger partial charge in [-0.15, -0.1) is 12.4 Å². The van der Waals surface area contributed by atoms with Crippen LogP contribution in [0.25, 0.3) is 0 Å². The second kappa shape index (κ2) is 37.9. The summed E-state index contributed by atoms with van der Waals surface area (Å²) in [4.78, 5) is 0. The Balaban J connectivity index is 0. The maximum absolute atomic E-state index is 0. The minimum Gasteiger partial charge on any atom is -1.00 e. The third-order valence-corrected chi connectivity index (χ3v) is 0. The quantitative estimate of drug-likeness (QED) is 0.381. The van der Waals surface area contributed by atoms with Gasteiger partial charge in [-0.25, -0.2) is 0 Å². The maximum atomic E-state index is 0. The molecule has 0 aromatic rings. The number of hydrogen-bond donors (Lipinski definition) is 0. The van der Waals surface area contributed by atoms with Crippen LogP contribution in [0.2, 0.25) is 0 Å². The van der Waals surface area contributed by atoms with E-state index in [1.165, 1.54) is 0 Å². The maximum Gasteiger partial charge on any atom is 3.00 e. The molecule has 0 aliphatic rings. The molecule has 34 valence electrons. The van der Waals surface area contributed by atoms with Crippen molar-refractivity contribution < 1.29 is 37.2 Å². The first-order chi connectivity index (χ1) is 0. The van der Waals surface area contributed by atoms with Crippen molar-refractivity contribution in [3.63, 3.8) is 0 Å². The molecule has 0 bridgehead atoms. The smallest absolute Gasteiger partial charge is 1.00 e. The van der Waals surface area contributed by atoms with Crippen LogP contribution in [0.3, 0.4) is 0 Å². The monoisotopic (exact) mass is 262 g/mol. The Morgan fingerprint density at radius 2 is 0.600 bits per heavy atom. The molecule has 0 aliphatic carbocycles. The zero-order valence-electron chi connectivity index (χ0n) is 1.99. The van der Waals surface area contributed by atoms with Crippen molar-refractivity contribution in [2.24, 2.45) is 0 Å². The van der Waals surface area contributed by atoms with Crippen LogP contribution in [-0.2, 0) is 0 Å². The van der Waals surface area contributed by atoms with Gasteiger partial charge in [0.1, 0.15) is 0 Å². The van der Waals surface area contributed by atoms with Crippen LogP contribution in [0.5, 0.6) is 0 Å². The van der Waals surface area contributed by atoms with Gasteiger partial charge in [0, 0.05) is 0 Å². The van der Waals surface area contributed by atoms with Gasteiger partial charge in [0.25, 0.3) is 0 Å². The Hall–Kier alpha value is 1.98. The molecule has 0 spiro atoms. The van der Waals surface area contributed by atoms with Crippen molar-refractivity contribution in [1.82, 2.24) is 0 Å². The molecule has 0 aliphatic heterocycles. The van der Waals surface area contributed by atoms with Gasteiger partial charge in [0.15, 0.2) is 0 Å². The zero-order chi connectivity index (χ0) is 0. The fourth-order valence-electron chi connectivity index (χ4n) is 0. The molecule has 0 aromatic heterocycles. The van der Waals surface area contributed by atoms with Gasteiger partial charge in [-0.05, 0) is 0 Å². The van der Waals surface area contributed by atoms with Gasteiger partial charge in [-0.3, -0.25) is 0 Å². The van der Waals surface area contributed by atoms with Gasteiger partial charge in [0.05, 0.1) is 0 Å². The summed E-state index contributed by atoms with van der Waals surface area (Å²) < 4.78 is 0. The van der Waals surface area contributed by atoms with Crippen LogP contribution in [0.1, 0.15) is 0 Å². The van der Waals surface area contributed by atoms with E-state index in [1.54, 1.807) is 0 Å². The molecular weight excluding hydrogens is 264 g/mol. The predicted molar refractivity (Wildman–Crippen MR) is 13.0 cm³/mol. The van der Waals surface area contributed by atoms with Crippen molar-refractivity contribution in [1.29, 1.82) is 0 Å². The van der Waals surface area contributed by atoms with E-state index in [0.29, 0.717) is 0 Å². The van der Waals surface area contributed by atoms with Gasteiger partial charge < -0.3 is 37.2 Å². The molecule has 0 N–H and O–H groups in total. The SMILES string of the molecule is Cl.[Cl-].[Cl-].[Cl-].[Sb+3]. The molecule has 0 amide bonds. The summed E-state index contributed by atoms with van der Waals surface area (Å²) in [6, 6.07) is 0. The van der Waals surface area contributed by atoms with Gasteiger partial charge in [-0.1, -0.05) is 0 Å². The summed E-state index contributed by atoms with van der Waals surface area (Å²) in [6.07, 6.45) is 0. The van der Waals surface area contributed by atoms with Crippen LogP contribution in [-0.4, -0.2) is 24.4 Å². The first-order valence-electron chi connectivity index (χ1n) is 0. The summed E-state index contributed by atoms with van der Waals surface area (Å²) in [5, 5.41) is 0. The molecule has 0 rings (SSSR count). The number of rotatable bonds is 0. The van der Waals surface area contributed by atoms with E-state index in [2.05, 4.69) is 0 Å². The van der Waals surface area contributed by atoms with Gasteiger partial charge in [-0.2, -0.15) is 0 Å². The first kappa shape index (κ1) is 63.7. The minimum absolute atomic E-state index is 0. The summed E-state index contributed by atoms with van der Waals surface area (Å²) in [5.74, 6) is 0. The van der Waals surface area contributed by atoms with Crippen molar-refractivity contribution in [3.05, 3.63) is 0 Å². The van der Waals surface area contributed by atoms with Crippen molar-refractivity contribution in [2.45, 2.75) is 0 Å². The molecule has 2 radical (unpaired) electrons. The Kier molecular flexibility index (Phi) is 483. The van der Waals surface area contributed by atoms with E-state index in [9.17, 15) is 0 Å². The predicted octanol–water partition coefficient (Wildman–Crippen LogP) is -8.95. The van der Waals surface area contributed by atoms with Crippen LogP contribution < -0.4 is 37.2 Å². The van der Waals surface area contributed by atoms with E-state index >= 15 is 0 Å². The Labute approximate surface area is 73.6 Å². The summed E-state index contributed by atoms with van der Waals surface area (Å²) in [7, 11) is 0. The third-order valence-electron chi connectivity index (χ3n) is 0. The fourth-order valence-corrected chi connectivity index (χ4v) is 0. The summed E-state index contributed by atoms with van der Waals surface area (Å²) >= 11 is 0. The largest absolute Gasteiger partial charge is 3.00 e. The molecule has 0 aromatic carbocycles. The zero-order valence-corrected chi connectivity index (χ0v) is 7.63. The summed E-state index contributed by atoms with van der Waals surface area (Å²) in [6.45, 7) is 0. The Morgan fingerprint density at radius 3 is 0.600 bits per heavy atom. The average Bonchev–Trinajstić information content (AvgIpc) is 0. The van der Waals surface area contributed by atoms with Crippen LogP contribution in [0.4, 0.5) is 0 Å². The van der Waals surface area contributed by atoms with Gasteiger partial charge >= 0.3 is 24.4 Å². The van der Waals surface area contributed by atoms with Crippen molar-refractivity contribution in [3.8, 4) is 0 Å².